The van der Waals surface area contributed by atoms with Crippen LogP contribution in [0.15, 0.2) is 24.3 Å². The summed E-state index contributed by atoms with van der Waals surface area (Å²) in [6.07, 6.45) is 2.07. The van der Waals surface area contributed by atoms with Gasteiger partial charge in [-0.2, -0.15) is 0 Å². The molecule has 1 heterocycles. The van der Waals surface area contributed by atoms with Gasteiger partial charge in [0.1, 0.15) is 0 Å². The Morgan fingerprint density at radius 2 is 1.83 bits per heavy atom. The highest BCUT2D eigenvalue weighted by atomic mass is 16.2. The molecule has 2 rings (SSSR count). The molecular formula is C19H35N3O. The van der Waals surface area contributed by atoms with Crippen LogP contribution in [-0.4, -0.2) is 37.5 Å². The Bertz CT molecular complexity index is 426. The van der Waals surface area contributed by atoms with Gasteiger partial charge in [0, 0.05) is 19.6 Å². The standard InChI is InChI=1S/C15H23N3O.2C2H6/c1-17-11-12-3-2-4-14(9-12)13-5-7-18(8-6-13)15(19)10-16;2*1-2/h2-4,9,13,17H,5-8,10-11,16H2,1H3;2*1-2H3. The molecule has 4 nitrogen and oxygen atoms in total. The number of rotatable bonds is 4. The maximum absolute atomic E-state index is 11.5. The second-order valence-corrected chi connectivity index (χ2v) is 5.13. The molecule has 1 aliphatic rings. The molecule has 1 saturated heterocycles. The molecule has 0 unspecified atom stereocenters. The summed E-state index contributed by atoms with van der Waals surface area (Å²) < 4.78 is 0. The first-order valence-corrected chi connectivity index (χ1v) is 8.96. The molecule has 0 atom stereocenters. The fraction of sp³-hybridized carbons (Fsp3) is 0.632. The van der Waals surface area contributed by atoms with Gasteiger partial charge in [0.05, 0.1) is 6.54 Å². The quantitative estimate of drug-likeness (QED) is 0.896. The van der Waals surface area contributed by atoms with E-state index in [0.717, 1.165) is 32.5 Å². The highest BCUT2D eigenvalue weighted by Gasteiger charge is 2.22. The van der Waals surface area contributed by atoms with Crippen LogP contribution in [0, 0.1) is 0 Å². The second kappa shape index (κ2) is 13.1. The number of likely N-dealkylation sites (tertiary alicyclic amines) is 1. The molecule has 132 valence electrons. The van der Waals surface area contributed by atoms with Gasteiger partial charge in [-0.25, -0.2) is 0 Å². The monoisotopic (exact) mass is 321 g/mol. The van der Waals surface area contributed by atoms with E-state index >= 15 is 0 Å². The van der Waals surface area contributed by atoms with Crippen LogP contribution in [-0.2, 0) is 11.3 Å². The van der Waals surface area contributed by atoms with Crippen molar-refractivity contribution in [1.29, 1.82) is 0 Å². The predicted molar refractivity (Wildman–Crippen MR) is 99.5 cm³/mol. The number of nitrogens with one attached hydrogen (secondary N) is 1. The molecule has 0 radical (unpaired) electrons. The minimum atomic E-state index is 0.0717. The van der Waals surface area contributed by atoms with Crippen molar-refractivity contribution in [2.45, 2.75) is 53.0 Å². The van der Waals surface area contributed by atoms with Crippen molar-refractivity contribution < 1.29 is 4.79 Å². The van der Waals surface area contributed by atoms with Crippen LogP contribution >= 0.6 is 0 Å². The van der Waals surface area contributed by atoms with Gasteiger partial charge in [-0.1, -0.05) is 52.0 Å². The van der Waals surface area contributed by atoms with E-state index in [-0.39, 0.29) is 12.5 Å². The number of carbonyl (C=O) groups is 1. The van der Waals surface area contributed by atoms with E-state index in [9.17, 15) is 4.79 Å². The van der Waals surface area contributed by atoms with Crippen LogP contribution in [0.3, 0.4) is 0 Å². The lowest BCUT2D eigenvalue weighted by atomic mass is 9.88. The lowest BCUT2D eigenvalue weighted by Gasteiger charge is -2.32. The lowest BCUT2D eigenvalue weighted by Crippen LogP contribution is -2.41. The molecule has 0 spiro atoms. The van der Waals surface area contributed by atoms with Crippen molar-refractivity contribution in [3.8, 4) is 0 Å². The number of hydrogen-bond donors (Lipinski definition) is 2. The van der Waals surface area contributed by atoms with Crippen molar-refractivity contribution in [3.05, 3.63) is 35.4 Å². The SMILES string of the molecule is CC.CC.CNCc1cccc(C2CCN(C(=O)CN)CC2)c1. The van der Waals surface area contributed by atoms with Gasteiger partial charge in [-0.15, -0.1) is 0 Å². The topological polar surface area (TPSA) is 58.4 Å². The Balaban J connectivity index is 0.00000112. The molecule has 1 aromatic rings. The van der Waals surface area contributed by atoms with Crippen molar-refractivity contribution in [1.82, 2.24) is 10.2 Å². The summed E-state index contributed by atoms with van der Waals surface area (Å²) in [6.45, 7) is 10.7. The van der Waals surface area contributed by atoms with E-state index in [1.54, 1.807) is 0 Å². The zero-order chi connectivity index (χ0) is 17.7. The Morgan fingerprint density at radius 1 is 1.22 bits per heavy atom. The largest absolute Gasteiger partial charge is 0.342 e. The molecule has 0 bridgehead atoms. The normalized spacial score (nSPS) is 14.3. The van der Waals surface area contributed by atoms with Gasteiger partial charge in [-0.3, -0.25) is 4.79 Å². The molecule has 0 saturated carbocycles. The van der Waals surface area contributed by atoms with E-state index < -0.39 is 0 Å². The Kier molecular flexibility index (Phi) is 12.3. The maximum atomic E-state index is 11.5. The van der Waals surface area contributed by atoms with Crippen LogP contribution in [0.1, 0.15) is 57.6 Å². The van der Waals surface area contributed by atoms with Crippen molar-refractivity contribution in [2.75, 3.05) is 26.7 Å². The number of benzene rings is 1. The van der Waals surface area contributed by atoms with Crippen LogP contribution in [0.2, 0.25) is 0 Å². The van der Waals surface area contributed by atoms with E-state index in [4.69, 9.17) is 5.73 Å². The van der Waals surface area contributed by atoms with Crippen LogP contribution < -0.4 is 11.1 Å². The molecule has 1 aromatic carbocycles. The number of amides is 1. The fourth-order valence-corrected chi connectivity index (χ4v) is 2.75. The van der Waals surface area contributed by atoms with E-state index in [1.165, 1.54) is 11.1 Å². The Hall–Kier alpha value is -1.39. The average molecular weight is 322 g/mol. The van der Waals surface area contributed by atoms with E-state index in [1.807, 2.05) is 39.6 Å². The minimum absolute atomic E-state index is 0.0717. The van der Waals surface area contributed by atoms with Crippen molar-refractivity contribution in [3.63, 3.8) is 0 Å². The molecule has 0 aliphatic carbocycles. The first-order valence-electron chi connectivity index (χ1n) is 8.96. The second-order valence-electron chi connectivity index (χ2n) is 5.13. The van der Waals surface area contributed by atoms with Gasteiger partial charge in [0.25, 0.3) is 0 Å². The summed E-state index contributed by atoms with van der Waals surface area (Å²) in [7, 11) is 1.96. The summed E-state index contributed by atoms with van der Waals surface area (Å²) in [5.41, 5.74) is 8.12. The third-order valence-corrected chi connectivity index (χ3v) is 3.83. The summed E-state index contributed by atoms with van der Waals surface area (Å²) in [4.78, 5) is 13.4. The lowest BCUT2D eigenvalue weighted by molar-refractivity contribution is -0.130. The van der Waals surface area contributed by atoms with Crippen LogP contribution in [0.4, 0.5) is 0 Å². The number of piperidine rings is 1. The number of nitrogens with zero attached hydrogens (tertiary/aromatic N) is 1. The Labute approximate surface area is 142 Å². The molecule has 23 heavy (non-hydrogen) atoms. The molecular weight excluding hydrogens is 286 g/mol. The number of nitrogens with two attached hydrogens (primary N) is 1. The van der Waals surface area contributed by atoms with Crippen molar-refractivity contribution >= 4 is 5.91 Å². The number of carbonyl (C=O) groups excluding carboxylic acids is 1. The number of hydrogen-bond acceptors (Lipinski definition) is 3. The third kappa shape index (κ3) is 7.14. The molecule has 1 amide bonds. The fourth-order valence-electron chi connectivity index (χ4n) is 2.75. The zero-order valence-corrected chi connectivity index (χ0v) is 15.6. The summed E-state index contributed by atoms with van der Waals surface area (Å²) in [5, 5.41) is 3.18. The van der Waals surface area contributed by atoms with Gasteiger partial charge in [-0.05, 0) is 36.9 Å². The van der Waals surface area contributed by atoms with E-state index in [0.29, 0.717) is 5.92 Å². The van der Waals surface area contributed by atoms with Gasteiger partial charge >= 0.3 is 0 Å². The highest BCUT2D eigenvalue weighted by Crippen LogP contribution is 2.28. The maximum Gasteiger partial charge on any atom is 0.236 e. The summed E-state index contributed by atoms with van der Waals surface area (Å²) in [6, 6.07) is 8.75. The van der Waals surface area contributed by atoms with Crippen LogP contribution in [0.25, 0.3) is 0 Å². The van der Waals surface area contributed by atoms with Gasteiger partial charge in [0.15, 0.2) is 0 Å². The average Bonchev–Trinajstić information content (AvgIpc) is 2.65. The molecule has 1 fully saturated rings. The first kappa shape index (κ1) is 21.6. The van der Waals surface area contributed by atoms with E-state index in [2.05, 4.69) is 29.6 Å². The van der Waals surface area contributed by atoms with Gasteiger partial charge < -0.3 is 16.0 Å². The molecule has 1 aliphatic heterocycles. The Morgan fingerprint density at radius 3 is 2.35 bits per heavy atom. The molecule has 0 aromatic heterocycles. The first-order chi connectivity index (χ1) is 11.2. The zero-order valence-electron chi connectivity index (χ0n) is 15.6. The summed E-state index contributed by atoms with van der Waals surface area (Å²) >= 11 is 0. The smallest absolute Gasteiger partial charge is 0.236 e. The predicted octanol–water partition coefficient (Wildman–Crippen LogP) is 3.12. The van der Waals surface area contributed by atoms with Crippen molar-refractivity contribution in [2.24, 2.45) is 5.73 Å². The minimum Gasteiger partial charge on any atom is -0.342 e. The third-order valence-electron chi connectivity index (χ3n) is 3.83. The van der Waals surface area contributed by atoms with Crippen LogP contribution in [0.5, 0.6) is 0 Å². The van der Waals surface area contributed by atoms with Gasteiger partial charge in [0.2, 0.25) is 5.91 Å². The molecule has 4 heteroatoms. The summed E-state index contributed by atoms with van der Waals surface area (Å²) in [5.74, 6) is 0.640. The highest BCUT2D eigenvalue weighted by molar-refractivity contribution is 5.78. The molecule has 3 N–H and O–H groups in total.